The van der Waals surface area contributed by atoms with Crippen molar-refractivity contribution in [2.45, 2.75) is 39.5 Å². The van der Waals surface area contributed by atoms with Gasteiger partial charge in [-0.2, -0.15) is 10.1 Å². The molecular weight excluding hydrogens is 214 g/mol. The topological polar surface area (TPSA) is 53.9 Å². The molecule has 17 heavy (non-hydrogen) atoms. The van der Waals surface area contributed by atoms with E-state index in [0.717, 1.165) is 31.7 Å². The van der Waals surface area contributed by atoms with Crippen LogP contribution in [0.4, 0.5) is 11.8 Å². The summed E-state index contributed by atoms with van der Waals surface area (Å²) in [5.41, 5.74) is 0. The fourth-order valence-corrected chi connectivity index (χ4v) is 1.44. The van der Waals surface area contributed by atoms with Crippen molar-refractivity contribution in [2.24, 2.45) is 0 Å². The monoisotopic (exact) mass is 237 g/mol. The van der Waals surface area contributed by atoms with Gasteiger partial charge in [0, 0.05) is 20.1 Å². The van der Waals surface area contributed by atoms with Crippen LogP contribution in [0.3, 0.4) is 0 Å². The zero-order valence-corrected chi connectivity index (χ0v) is 11.1. The minimum Gasteiger partial charge on any atom is -0.358 e. The van der Waals surface area contributed by atoms with Crippen LogP contribution in [0.5, 0.6) is 0 Å². The van der Waals surface area contributed by atoms with Crippen LogP contribution in [0.25, 0.3) is 0 Å². The average Bonchev–Trinajstić information content (AvgIpc) is 2.36. The molecule has 0 bridgehead atoms. The highest BCUT2D eigenvalue weighted by atomic mass is 15.3. The molecule has 0 spiro atoms. The first kappa shape index (κ1) is 13.7. The Labute approximate surface area is 104 Å². The number of hydrogen-bond acceptors (Lipinski definition) is 5. The molecule has 1 aromatic heterocycles. The van der Waals surface area contributed by atoms with Gasteiger partial charge >= 0.3 is 0 Å². The molecule has 0 fully saturated rings. The predicted octanol–water partition coefficient (Wildman–Crippen LogP) is 2.32. The highest BCUT2D eigenvalue weighted by Crippen LogP contribution is 2.09. The Hall–Kier alpha value is -1.39. The van der Waals surface area contributed by atoms with Crippen LogP contribution in [0.15, 0.2) is 6.20 Å². The van der Waals surface area contributed by atoms with Gasteiger partial charge in [-0.25, -0.2) is 0 Å². The SMILES string of the molecule is CCCCNc1nncc(N(C)CCCC)n1. The van der Waals surface area contributed by atoms with Crippen molar-refractivity contribution in [1.29, 1.82) is 0 Å². The maximum Gasteiger partial charge on any atom is 0.244 e. The Bertz CT molecular complexity index is 316. The number of nitrogens with zero attached hydrogens (tertiary/aromatic N) is 4. The maximum atomic E-state index is 4.44. The molecule has 0 aliphatic heterocycles. The first-order chi connectivity index (χ1) is 8.27. The third-order valence-electron chi connectivity index (χ3n) is 2.60. The summed E-state index contributed by atoms with van der Waals surface area (Å²) in [6, 6.07) is 0. The number of unbranched alkanes of at least 4 members (excludes halogenated alkanes) is 2. The summed E-state index contributed by atoms with van der Waals surface area (Å²) in [6.45, 7) is 6.25. The molecule has 1 heterocycles. The first-order valence-corrected chi connectivity index (χ1v) is 6.42. The lowest BCUT2D eigenvalue weighted by Gasteiger charge is -2.17. The van der Waals surface area contributed by atoms with Crippen LogP contribution < -0.4 is 10.2 Å². The smallest absolute Gasteiger partial charge is 0.244 e. The Morgan fingerprint density at radius 2 is 2.00 bits per heavy atom. The van der Waals surface area contributed by atoms with Gasteiger partial charge in [0.05, 0.1) is 6.20 Å². The Morgan fingerprint density at radius 1 is 1.24 bits per heavy atom. The van der Waals surface area contributed by atoms with E-state index in [1.807, 2.05) is 7.05 Å². The standard InChI is InChI=1S/C12H23N5/c1-4-6-8-13-12-15-11(10-14-16-12)17(3)9-7-5-2/h10H,4-9H2,1-3H3,(H,13,15,16). The molecule has 0 radical (unpaired) electrons. The summed E-state index contributed by atoms with van der Waals surface area (Å²) in [5, 5.41) is 11.1. The van der Waals surface area contributed by atoms with Crippen LogP contribution in [-0.2, 0) is 0 Å². The van der Waals surface area contributed by atoms with Gasteiger partial charge in [0.15, 0.2) is 5.82 Å². The fourth-order valence-electron chi connectivity index (χ4n) is 1.44. The van der Waals surface area contributed by atoms with Gasteiger partial charge in [-0.3, -0.25) is 0 Å². The lowest BCUT2D eigenvalue weighted by molar-refractivity contribution is 0.752. The fraction of sp³-hybridized carbons (Fsp3) is 0.750. The van der Waals surface area contributed by atoms with Gasteiger partial charge in [-0.1, -0.05) is 26.7 Å². The van der Waals surface area contributed by atoms with Crippen LogP contribution in [0, 0.1) is 0 Å². The molecule has 5 nitrogen and oxygen atoms in total. The van der Waals surface area contributed by atoms with E-state index in [4.69, 9.17) is 0 Å². The van der Waals surface area contributed by atoms with Crippen molar-refractivity contribution < 1.29 is 0 Å². The summed E-state index contributed by atoms with van der Waals surface area (Å²) < 4.78 is 0. The zero-order chi connectivity index (χ0) is 12.5. The normalized spacial score (nSPS) is 10.3. The lowest BCUT2D eigenvalue weighted by atomic mass is 10.3. The van der Waals surface area contributed by atoms with Crippen LogP contribution in [0.2, 0.25) is 0 Å². The first-order valence-electron chi connectivity index (χ1n) is 6.42. The summed E-state index contributed by atoms with van der Waals surface area (Å²) >= 11 is 0. The molecule has 1 N–H and O–H groups in total. The molecule has 0 atom stereocenters. The molecule has 0 aliphatic carbocycles. The molecule has 0 aromatic carbocycles. The second-order valence-corrected chi connectivity index (χ2v) is 4.19. The Balaban J connectivity index is 2.52. The Morgan fingerprint density at radius 3 is 2.71 bits per heavy atom. The number of hydrogen-bond donors (Lipinski definition) is 1. The molecule has 0 saturated heterocycles. The molecule has 0 amide bonds. The molecule has 0 unspecified atom stereocenters. The van der Waals surface area contributed by atoms with E-state index in [1.54, 1.807) is 6.20 Å². The summed E-state index contributed by atoms with van der Waals surface area (Å²) in [5.74, 6) is 1.51. The Kier molecular flexibility index (Phi) is 6.29. The average molecular weight is 237 g/mol. The summed E-state index contributed by atoms with van der Waals surface area (Å²) in [7, 11) is 2.04. The van der Waals surface area contributed by atoms with E-state index >= 15 is 0 Å². The molecule has 1 aromatic rings. The van der Waals surface area contributed by atoms with Crippen molar-refractivity contribution in [3.63, 3.8) is 0 Å². The van der Waals surface area contributed by atoms with E-state index in [1.165, 1.54) is 12.8 Å². The van der Waals surface area contributed by atoms with E-state index < -0.39 is 0 Å². The van der Waals surface area contributed by atoms with Crippen LogP contribution in [0.1, 0.15) is 39.5 Å². The molecule has 5 heteroatoms. The molecule has 96 valence electrons. The molecule has 0 aliphatic rings. The summed E-state index contributed by atoms with van der Waals surface area (Å²) in [6.07, 6.45) is 6.35. The molecule has 0 saturated carbocycles. The number of nitrogens with one attached hydrogen (secondary N) is 1. The highest BCUT2D eigenvalue weighted by molar-refractivity contribution is 5.39. The second-order valence-electron chi connectivity index (χ2n) is 4.19. The van der Waals surface area contributed by atoms with Crippen molar-refractivity contribution in [3.8, 4) is 0 Å². The van der Waals surface area contributed by atoms with Gasteiger partial charge in [0.1, 0.15) is 0 Å². The minimum atomic E-state index is 0.624. The largest absolute Gasteiger partial charge is 0.358 e. The summed E-state index contributed by atoms with van der Waals surface area (Å²) in [4.78, 5) is 6.55. The highest BCUT2D eigenvalue weighted by Gasteiger charge is 2.04. The van der Waals surface area contributed by atoms with E-state index in [2.05, 4.69) is 39.2 Å². The van der Waals surface area contributed by atoms with Crippen LogP contribution in [-0.4, -0.2) is 35.3 Å². The van der Waals surface area contributed by atoms with E-state index in [0.29, 0.717) is 5.95 Å². The van der Waals surface area contributed by atoms with Gasteiger partial charge in [-0.05, 0) is 12.8 Å². The zero-order valence-electron chi connectivity index (χ0n) is 11.1. The van der Waals surface area contributed by atoms with Crippen molar-refractivity contribution >= 4 is 11.8 Å². The molecule has 1 rings (SSSR count). The van der Waals surface area contributed by atoms with Gasteiger partial charge in [0.2, 0.25) is 5.95 Å². The van der Waals surface area contributed by atoms with Crippen molar-refractivity contribution in [3.05, 3.63) is 6.20 Å². The third-order valence-corrected chi connectivity index (χ3v) is 2.60. The van der Waals surface area contributed by atoms with E-state index in [9.17, 15) is 0 Å². The maximum absolute atomic E-state index is 4.44. The third kappa shape index (κ3) is 4.97. The van der Waals surface area contributed by atoms with Crippen molar-refractivity contribution in [1.82, 2.24) is 15.2 Å². The quantitative estimate of drug-likeness (QED) is 0.703. The second kappa shape index (κ2) is 7.81. The van der Waals surface area contributed by atoms with Gasteiger partial charge in [-0.15, -0.1) is 5.10 Å². The number of rotatable bonds is 8. The van der Waals surface area contributed by atoms with Gasteiger partial charge < -0.3 is 10.2 Å². The number of aromatic nitrogens is 3. The minimum absolute atomic E-state index is 0.624. The van der Waals surface area contributed by atoms with Gasteiger partial charge in [0.25, 0.3) is 0 Å². The predicted molar refractivity (Wildman–Crippen MR) is 71.4 cm³/mol. The number of anilines is 2. The van der Waals surface area contributed by atoms with E-state index in [-0.39, 0.29) is 0 Å². The lowest BCUT2D eigenvalue weighted by Crippen LogP contribution is -2.20. The van der Waals surface area contributed by atoms with Crippen molar-refractivity contribution in [2.75, 3.05) is 30.4 Å². The molecular formula is C12H23N5. The van der Waals surface area contributed by atoms with Crippen LogP contribution >= 0.6 is 0 Å².